The van der Waals surface area contributed by atoms with Crippen molar-refractivity contribution in [2.75, 3.05) is 6.61 Å². The molecule has 1 unspecified atom stereocenters. The van der Waals surface area contributed by atoms with E-state index in [1.807, 2.05) is 54.6 Å². The third-order valence-electron chi connectivity index (χ3n) is 5.02. The van der Waals surface area contributed by atoms with Gasteiger partial charge in [0.1, 0.15) is 11.6 Å². The molecular weight excluding hydrogens is 408 g/mol. The van der Waals surface area contributed by atoms with Gasteiger partial charge in [-0.15, -0.1) is 11.3 Å². The van der Waals surface area contributed by atoms with E-state index in [2.05, 4.69) is 28.9 Å². The Kier molecular flexibility index (Phi) is 5.37. The fourth-order valence-corrected chi connectivity index (χ4v) is 4.24. The third kappa shape index (κ3) is 4.29. The Labute approximate surface area is 184 Å². The summed E-state index contributed by atoms with van der Waals surface area (Å²) >= 11 is 1.61. The van der Waals surface area contributed by atoms with Gasteiger partial charge < -0.3 is 14.8 Å². The molecule has 0 radical (unpaired) electrons. The monoisotopic (exact) mass is 428 g/mol. The maximum Gasteiger partial charge on any atom is 0.264 e. The number of nitrogens with one attached hydrogen (secondary N) is 1. The number of aromatic nitrogens is 1. The highest BCUT2D eigenvalue weighted by Gasteiger charge is 2.26. The number of amides is 1. The van der Waals surface area contributed by atoms with E-state index in [-0.39, 0.29) is 12.5 Å². The average Bonchev–Trinajstić information content (AvgIpc) is 3.33. The molecule has 0 saturated heterocycles. The first-order valence-corrected chi connectivity index (χ1v) is 10.9. The zero-order chi connectivity index (χ0) is 21.0. The molecule has 0 saturated carbocycles. The van der Waals surface area contributed by atoms with Gasteiger partial charge in [-0.3, -0.25) is 4.79 Å². The second-order valence-corrected chi connectivity index (χ2v) is 8.04. The van der Waals surface area contributed by atoms with Gasteiger partial charge in [-0.2, -0.15) is 0 Å². The van der Waals surface area contributed by atoms with E-state index in [0.29, 0.717) is 18.0 Å². The molecule has 0 bridgehead atoms. The second kappa shape index (κ2) is 8.62. The molecule has 6 heteroatoms. The third-order valence-corrected chi connectivity index (χ3v) is 5.91. The summed E-state index contributed by atoms with van der Waals surface area (Å²) in [6, 6.07) is 25.6. The van der Waals surface area contributed by atoms with Gasteiger partial charge in [0.25, 0.3) is 5.91 Å². The van der Waals surface area contributed by atoms with Crippen LogP contribution in [0.5, 0.6) is 11.5 Å². The van der Waals surface area contributed by atoms with Crippen molar-refractivity contribution in [3.63, 3.8) is 0 Å². The number of nitrogens with zero attached hydrogens (tertiary/aromatic N) is 1. The normalized spacial score (nSPS) is 14.8. The number of benzene rings is 3. The van der Waals surface area contributed by atoms with Crippen molar-refractivity contribution in [2.24, 2.45) is 0 Å². The first kappa shape index (κ1) is 19.3. The van der Waals surface area contributed by atoms with Crippen LogP contribution in [0.1, 0.15) is 5.56 Å². The minimum absolute atomic E-state index is 0.194. The van der Waals surface area contributed by atoms with Crippen LogP contribution in [0, 0.1) is 0 Å². The van der Waals surface area contributed by atoms with Crippen molar-refractivity contribution in [1.29, 1.82) is 0 Å². The highest BCUT2D eigenvalue weighted by Crippen LogP contribution is 2.31. The molecule has 1 amide bonds. The van der Waals surface area contributed by atoms with Crippen LogP contribution in [0.25, 0.3) is 21.8 Å². The van der Waals surface area contributed by atoms with Gasteiger partial charge in [-0.05, 0) is 23.8 Å². The molecule has 2 heterocycles. The van der Waals surface area contributed by atoms with Crippen LogP contribution >= 0.6 is 11.3 Å². The Balaban J connectivity index is 1.24. The summed E-state index contributed by atoms with van der Waals surface area (Å²) in [4.78, 5) is 17.3. The summed E-state index contributed by atoms with van der Waals surface area (Å²) in [5, 5.41) is 5.97. The van der Waals surface area contributed by atoms with Crippen LogP contribution in [-0.4, -0.2) is 23.6 Å². The highest BCUT2D eigenvalue weighted by molar-refractivity contribution is 7.13. The Morgan fingerprint density at radius 3 is 2.61 bits per heavy atom. The lowest BCUT2D eigenvalue weighted by Crippen LogP contribution is -2.43. The van der Waals surface area contributed by atoms with Crippen molar-refractivity contribution in [2.45, 2.75) is 12.6 Å². The van der Waals surface area contributed by atoms with Gasteiger partial charge in [-0.25, -0.2) is 4.98 Å². The van der Waals surface area contributed by atoms with Gasteiger partial charge in [0.2, 0.25) is 6.10 Å². The number of hydrogen-bond acceptors (Lipinski definition) is 5. The first-order valence-electron chi connectivity index (χ1n) is 10.0. The van der Waals surface area contributed by atoms with Gasteiger partial charge in [0.15, 0.2) is 11.5 Å². The van der Waals surface area contributed by atoms with E-state index in [9.17, 15) is 4.79 Å². The fourth-order valence-electron chi connectivity index (χ4n) is 3.41. The molecule has 154 valence electrons. The standard InChI is InChI=1S/C25H20N2O3S/c28-24(23-15-29-21-11-4-5-12-22(21)30-23)26-14-17-7-6-10-19(13-17)25-27-20(16-31-25)18-8-2-1-3-9-18/h1-13,16,23H,14-15H2,(H,26,28). The number of ether oxygens (including phenoxy) is 2. The van der Waals surface area contributed by atoms with E-state index in [0.717, 1.165) is 27.4 Å². The van der Waals surface area contributed by atoms with Crippen LogP contribution in [0.3, 0.4) is 0 Å². The molecule has 1 N–H and O–H groups in total. The van der Waals surface area contributed by atoms with Crippen molar-refractivity contribution in [1.82, 2.24) is 10.3 Å². The number of para-hydroxylation sites is 2. The van der Waals surface area contributed by atoms with Crippen LogP contribution in [0.2, 0.25) is 0 Å². The Bertz CT molecular complexity index is 1210. The summed E-state index contributed by atoms with van der Waals surface area (Å²) in [6.07, 6.45) is -0.662. The lowest BCUT2D eigenvalue weighted by atomic mass is 10.1. The lowest BCUT2D eigenvalue weighted by molar-refractivity contribution is -0.130. The largest absolute Gasteiger partial charge is 0.485 e. The Hall–Kier alpha value is -3.64. The van der Waals surface area contributed by atoms with Crippen LogP contribution in [0.4, 0.5) is 0 Å². The first-order chi connectivity index (χ1) is 15.3. The molecule has 5 nitrogen and oxygen atoms in total. The molecule has 0 spiro atoms. The van der Waals surface area contributed by atoms with Gasteiger partial charge in [0.05, 0.1) is 5.69 Å². The predicted molar refractivity (Wildman–Crippen MR) is 121 cm³/mol. The van der Waals surface area contributed by atoms with Crippen molar-refractivity contribution in [3.05, 3.63) is 89.8 Å². The van der Waals surface area contributed by atoms with Crippen molar-refractivity contribution in [3.8, 4) is 33.3 Å². The SMILES string of the molecule is O=C(NCc1cccc(-c2nc(-c3ccccc3)cs2)c1)C1COc2ccccc2O1. The molecule has 31 heavy (non-hydrogen) atoms. The molecule has 1 atom stereocenters. The topological polar surface area (TPSA) is 60.5 Å². The van der Waals surface area contributed by atoms with Crippen LogP contribution < -0.4 is 14.8 Å². The summed E-state index contributed by atoms with van der Waals surface area (Å²) in [7, 11) is 0. The Morgan fingerprint density at radius 2 is 1.74 bits per heavy atom. The van der Waals surface area contributed by atoms with Gasteiger partial charge in [-0.1, -0.05) is 60.7 Å². The number of rotatable bonds is 5. The molecule has 0 aliphatic carbocycles. The summed E-state index contributed by atoms with van der Waals surface area (Å²) in [5.74, 6) is 1.06. The minimum Gasteiger partial charge on any atom is -0.485 e. The van der Waals surface area contributed by atoms with E-state index < -0.39 is 6.10 Å². The smallest absolute Gasteiger partial charge is 0.264 e. The van der Waals surface area contributed by atoms with E-state index in [1.165, 1.54) is 0 Å². The molecule has 1 aliphatic heterocycles. The molecule has 1 aliphatic rings. The van der Waals surface area contributed by atoms with Crippen LogP contribution in [0.15, 0.2) is 84.2 Å². The summed E-state index contributed by atoms with van der Waals surface area (Å²) in [5.41, 5.74) is 4.10. The molecular formula is C25H20N2O3S. The number of carbonyl (C=O) groups excluding carboxylic acids is 1. The minimum atomic E-state index is -0.662. The number of hydrogen-bond donors (Lipinski definition) is 1. The molecule has 4 aromatic rings. The molecule has 5 rings (SSSR count). The average molecular weight is 429 g/mol. The maximum atomic E-state index is 12.6. The van der Waals surface area contributed by atoms with Gasteiger partial charge in [0, 0.05) is 23.1 Å². The molecule has 0 fully saturated rings. The predicted octanol–water partition coefficient (Wildman–Crippen LogP) is 4.93. The lowest BCUT2D eigenvalue weighted by Gasteiger charge is -2.25. The van der Waals surface area contributed by atoms with E-state index in [1.54, 1.807) is 17.4 Å². The number of fused-ring (bicyclic) bond motifs is 1. The number of carbonyl (C=O) groups is 1. The fraction of sp³-hybridized carbons (Fsp3) is 0.120. The van der Waals surface area contributed by atoms with E-state index in [4.69, 9.17) is 14.5 Å². The zero-order valence-corrected chi connectivity index (χ0v) is 17.5. The molecule has 1 aromatic heterocycles. The molecule has 3 aromatic carbocycles. The zero-order valence-electron chi connectivity index (χ0n) is 16.7. The van der Waals surface area contributed by atoms with Crippen molar-refractivity contribution >= 4 is 17.2 Å². The second-order valence-electron chi connectivity index (χ2n) is 7.19. The Morgan fingerprint density at radius 1 is 0.968 bits per heavy atom. The van der Waals surface area contributed by atoms with Crippen LogP contribution in [-0.2, 0) is 11.3 Å². The maximum absolute atomic E-state index is 12.6. The number of thiazole rings is 1. The summed E-state index contributed by atoms with van der Waals surface area (Å²) < 4.78 is 11.4. The van der Waals surface area contributed by atoms with Gasteiger partial charge >= 0.3 is 0 Å². The quantitative estimate of drug-likeness (QED) is 0.489. The summed E-state index contributed by atoms with van der Waals surface area (Å²) in [6.45, 7) is 0.607. The van der Waals surface area contributed by atoms with Crippen molar-refractivity contribution < 1.29 is 14.3 Å². The highest BCUT2D eigenvalue weighted by atomic mass is 32.1. The van der Waals surface area contributed by atoms with E-state index >= 15 is 0 Å².